The summed E-state index contributed by atoms with van der Waals surface area (Å²) in [4.78, 5) is 22.2. The number of hydrogen-bond donors (Lipinski definition) is 1. The van der Waals surface area contributed by atoms with Crippen LogP contribution in [0.5, 0.6) is 0 Å². The number of nitrogens with one attached hydrogen (secondary N) is 1. The van der Waals surface area contributed by atoms with Crippen LogP contribution in [0.25, 0.3) is 0 Å². The standard InChI is InChI=1S/C14H19NO3/c1-3-13(11(2)9-16)15-14(17)18-10-12-7-5-4-6-8-12/h4-9,11,13H,3,10H2,1-2H3,(H,15,17). The van der Waals surface area contributed by atoms with Crippen molar-refractivity contribution in [3.63, 3.8) is 0 Å². The molecule has 0 aromatic heterocycles. The second-order valence-corrected chi connectivity index (χ2v) is 4.22. The average molecular weight is 249 g/mol. The van der Waals surface area contributed by atoms with Crippen molar-refractivity contribution in [2.75, 3.05) is 0 Å². The van der Waals surface area contributed by atoms with E-state index >= 15 is 0 Å². The molecular formula is C14H19NO3. The number of benzene rings is 1. The van der Waals surface area contributed by atoms with E-state index in [0.29, 0.717) is 6.42 Å². The lowest BCUT2D eigenvalue weighted by atomic mass is 10.0. The molecule has 0 heterocycles. The number of ether oxygens (including phenoxy) is 1. The molecule has 0 bridgehead atoms. The van der Waals surface area contributed by atoms with Gasteiger partial charge in [-0.1, -0.05) is 44.2 Å². The van der Waals surface area contributed by atoms with Gasteiger partial charge in [-0.05, 0) is 12.0 Å². The zero-order chi connectivity index (χ0) is 13.4. The maximum atomic E-state index is 11.6. The molecule has 2 unspecified atom stereocenters. The van der Waals surface area contributed by atoms with Gasteiger partial charge in [0.1, 0.15) is 12.9 Å². The van der Waals surface area contributed by atoms with Crippen LogP contribution < -0.4 is 5.32 Å². The van der Waals surface area contributed by atoms with Gasteiger partial charge in [-0.3, -0.25) is 0 Å². The molecule has 4 heteroatoms. The molecule has 1 N–H and O–H groups in total. The Kier molecular flexibility index (Phi) is 5.91. The van der Waals surface area contributed by atoms with E-state index in [-0.39, 0.29) is 18.6 Å². The molecular weight excluding hydrogens is 230 g/mol. The molecule has 0 spiro atoms. The summed E-state index contributed by atoms with van der Waals surface area (Å²) in [6.45, 7) is 3.93. The first-order valence-electron chi connectivity index (χ1n) is 6.09. The third-order valence-electron chi connectivity index (χ3n) is 2.81. The van der Waals surface area contributed by atoms with E-state index in [1.807, 2.05) is 37.3 Å². The summed E-state index contributed by atoms with van der Waals surface area (Å²) in [7, 11) is 0. The van der Waals surface area contributed by atoms with E-state index in [1.54, 1.807) is 6.92 Å². The smallest absolute Gasteiger partial charge is 0.407 e. The predicted octanol–water partition coefficient (Wildman–Crippen LogP) is 2.53. The molecule has 1 aromatic rings. The lowest BCUT2D eigenvalue weighted by molar-refractivity contribution is -0.111. The van der Waals surface area contributed by atoms with E-state index in [4.69, 9.17) is 4.74 Å². The topological polar surface area (TPSA) is 55.4 Å². The average Bonchev–Trinajstić information content (AvgIpc) is 2.42. The van der Waals surface area contributed by atoms with Gasteiger partial charge >= 0.3 is 6.09 Å². The zero-order valence-electron chi connectivity index (χ0n) is 10.8. The van der Waals surface area contributed by atoms with E-state index in [2.05, 4.69) is 5.32 Å². The van der Waals surface area contributed by atoms with Crippen LogP contribution in [-0.4, -0.2) is 18.4 Å². The van der Waals surface area contributed by atoms with Crippen molar-refractivity contribution in [1.29, 1.82) is 0 Å². The van der Waals surface area contributed by atoms with E-state index in [9.17, 15) is 9.59 Å². The largest absolute Gasteiger partial charge is 0.445 e. The first-order valence-corrected chi connectivity index (χ1v) is 6.09. The fourth-order valence-corrected chi connectivity index (χ4v) is 1.62. The Morgan fingerprint density at radius 1 is 1.39 bits per heavy atom. The molecule has 0 aliphatic rings. The number of rotatable bonds is 6. The van der Waals surface area contributed by atoms with Gasteiger partial charge in [0.05, 0.1) is 0 Å². The Labute approximate surface area is 107 Å². The van der Waals surface area contributed by atoms with E-state index < -0.39 is 6.09 Å². The monoisotopic (exact) mass is 249 g/mol. The van der Waals surface area contributed by atoms with Crippen LogP contribution in [0.4, 0.5) is 4.79 Å². The van der Waals surface area contributed by atoms with Crippen molar-refractivity contribution in [3.8, 4) is 0 Å². The summed E-state index contributed by atoms with van der Waals surface area (Å²) < 4.78 is 5.09. The highest BCUT2D eigenvalue weighted by atomic mass is 16.5. The fraction of sp³-hybridized carbons (Fsp3) is 0.429. The first-order chi connectivity index (χ1) is 8.67. The summed E-state index contributed by atoms with van der Waals surface area (Å²) >= 11 is 0. The number of amides is 1. The van der Waals surface area contributed by atoms with Crippen LogP contribution in [0, 0.1) is 5.92 Å². The minimum absolute atomic E-state index is 0.175. The molecule has 4 nitrogen and oxygen atoms in total. The van der Waals surface area contributed by atoms with Crippen molar-refractivity contribution >= 4 is 12.4 Å². The third kappa shape index (κ3) is 4.57. The molecule has 18 heavy (non-hydrogen) atoms. The molecule has 0 saturated carbocycles. The lowest BCUT2D eigenvalue weighted by Gasteiger charge is -2.19. The number of carbonyl (C=O) groups is 2. The minimum Gasteiger partial charge on any atom is -0.445 e. The lowest BCUT2D eigenvalue weighted by Crippen LogP contribution is -2.39. The van der Waals surface area contributed by atoms with Gasteiger partial charge in [0.25, 0.3) is 0 Å². The highest BCUT2D eigenvalue weighted by Crippen LogP contribution is 2.05. The quantitative estimate of drug-likeness (QED) is 0.788. The number of hydrogen-bond acceptors (Lipinski definition) is 3. The van der Waals surface area contributed by atoms with Crippen LogP contribution >= 0.6 is 0 Å². The fourth-order valence-electron chi connectivity index (χ4n) is 1.62. The van der Waals surface area contributed by atoms with Crippen LogP contribution in [0.15, 0.2) is 30.3 Å². The first kappa shape index (κ1) is 14.2. The van der Waals surface area contributed by atoms with E-state index in [0.717, 1.165) is 11.8 Å². The summed E-state index contributed by atoms with van der Waals surface area (Å²) in [5.74, 6) is -0.209. The molecule has 0 fully saturated rings. The van der Waals surface area contributed by atoms with Gasteiger partial charge < -0.3 is 14.8 Å². The number of aldehydes is 1. The van der Waals surface area contributed by atoms with Crippen molar-refractivity contribution in [2.45, 2.75) is 32.9 Å². The highest BCUT2D eigenvalue weighted by molar-refractivity contribution is 5.68. The normalized spacial score (nSPS) is 13.4. The molecule has 0 saturated heterocycles. The maximum Gasteiger partial charge on any atom is 0.407 e. The molecule has 0 aliphatic carbocycles. The van der Waals surface area contributed by atoms with Crippen LogP contribution in [0.1, 0.15) is 25.8 Å². The van der Waals surface area contributed by atoms with Gasteiger partial charge in [-0.25, -0.2) is 4.79 Å². The Bertz CT molecular complexity index is 378. The Balaban J connectivity index is 2.39. The molecule has 1 amide bonds. The molecule has 2 atom stereocenters. The number of carbonyl (C=O) groups excluding carboxylic acids is 2. The molecule has 98 valence electrons. The molecule has 1 rings (SSSR count). The Hall–Kier alpha value is -1.84. The maximum absolute atomic E-state index is 11.6. The zero-order valence-corrected chi connectivity index (χ0v) is 10.8. The van der Waals surface area contributed by atoms with Crippen LogP contribution in [0.3, 0.4) is 0 Å². The second-order valence-electron chi connectivity index (χ2n) is 4.22. The summed E-state index contributed by atoms with van der Waals surface area (Å²) in [6, 6.07) is 9.28. The Morgan fingerprint density at radius 2 is 2.06 bits per heavy atom. The van der Waals surface area contributed by atoms with Gasteiger partial charge in [0.2, 0.25) is 0 Å². The number of alkyl carbamates (subject to hydrolysis) is 1. The van der Waals surface area contributed by atoms with Crippen molar-refractivity contribution < 1.29 is 14.3 Å². The predicted molar refractivity (Wildman–Crippen MR) is 69.1 cm³/mol. The third-order valence-corrected chi connectivity index (χ3v) is 2.81. The summed E-state index contributed by atoms with van der Waals surface area (Å²) in [5, 5.41) is 2.70. The molecule has 0 aliphatic heterocycles. The summed E-state index contributed by atoms with van der Waals surface area (Å²) in [5.41, 5.74) is 0.934. The van der Waals surface area contributed by atoms with Gasteiger partial charge in [0.15, 0.2) is 0 Å². The second kappa shape index (κ2) is 7.48. The Morgan fingerprint density at radius 3 is 2.61 bits per heavy atom. The highest BCUT2D eigenvalue weighted by Gasteiger charge is 2.17. The van der Waals surface area contributed by atoms with Crippen molar-refractivity contribution in [3.05, 3.63) is 35.9 Å². The van der Waals surface area contributed by atoms with E-state index in [1.165, 1.54) is 0 Å². The SMILES string of the molecule is CCC(NC(=O)OCc1ccccc1)C(C)C=O. The van der Waals surface area contributed by atoms with Gasteiger partial charge in [-0.15, -0.1) is 0 Å². The van der Waals surface area contributed by atoms with Crippen LogP contribution in [0.2, 0.25) is 0 Å². The van der Waals surface area contributed by atoms with Crippen molar-refractivity contribution in [1.82, 2.24) is 5.32 Å². The molecule has 0 radical (unpaired) electrons. The van der Waals surface area contributed by atoms with Crippen molar-refractivity contribution in [2.24, 2.45) is 5.92 Å². The molecule has 1 aromatic carbocycles. The summed E-state index contributed by atoms with van der Waals surface area (Å²) in [6.07, 6.45) is 1.05. The van der Waals surface area contributed by atoms with Gasteiger partial charge in [-0.2, -0.15) is 0 Å². The van der Waals surface area contributed by atoms with Crippen LogP contribution in [-0.2, 0) is 16.1 Å². The minimum atomic E-state index is -0.487. The van der Waals surface area contributed by atoms with Gasteiger partial charge in [0, 0.05) is 12.0 Å².